The second-order valence-corrected chi connectivity index (χ2v) is 25.9. The normalized spacial score (nSPS) is 12.5. The summed E-state index contributed by atoms with van der Waals surface area (Å²) in [6.07, 6.45) is 30.0. The fourth-order valence-corrected chi connectivity index (χ4v) is 14.8. The third kappa shape index (κ3) is 13.7. The van der Waals surface area contributed by atoms with Crippen molar-refractivity contribution < 1.29 is 0 Å². The molecule has 0 saturated carbocycles. The molecule has 2 nitrogen and oxygen atoms in total. The number of aryl methyl sites for hydroxylation is 4. The molecule has 0 spiro atoms. The molecule has 0 N–H and O–H groups in total. The molecule has 448 valence electrons. The number of hydrogen-bond donors (Lipinski definition) is 0. The lowest BCUT2D eigenvalue weighted by atomic mass is 9.69. The lowest BCUT2D eigenvalue weighted by Crippen LogP contribution is -2.26. The summed E-state index contributed by atoms with van der Waals surface area (Å²) in [4.78, 5) is 2.42. The minimum Gasteiger partial charge on any atom is -0.311 e. The average molecular weight is 1150 g/mol. The molecule has 11 rings (SSSR count). The van der Waals surface area contributed by atoms with Gasteiger partial charge in [0.2, 0.25) is 0 Å². The Balaban J connectivity index is 1.10. The van der Waals surface area contributed by atoms with Crippen molar-refractivity contribution in [2.24, 2.45) is 0 Å². The highest BCUT2D eigenvalue weighted by Gasteiger charge is 2.44. The Kier molecular flexibility index (Phi) is 20.8. The summed E-state index contributed by atoms with van der Waals surface area (Å²) in [5.74, 6) is 0. The third-order valence-corrected chi connectivity index (χ3v) is 19.5. The largest absolute Gasteiger partial charge is 0.311 e. The van der Waals surface area contributed by atoms with Crippen molar-refractivity contribution in [2.75, 3.05) is 4.90 Å². The molecule has 0 radical (unpaired) electrons. The first-order valence-corrected chi connectivity index (χ1v) is 34.4. The van der Waals surface area contributed by atoms with Gasteiger partial charge in [-0.2, -0.15) is 0 Å². The highest BCUT2D eigenvalue weighted by atomic mass is 15.1. The molecule has 2 heteroatoms. The smallest absolute Gasteiger partial charge is 0.0544 e. The standard InChI is InChI=1S/C85H98N2/c1-7-11-15-19-21-31-57-85(58-32-22-20-16-12-8-2)79-59-64(6)41-53-75(79)76-54-56-81-83(84(76)85)78-60-69(66-35-29-24-30-36-66)46-55-80(78)87(81)82-62-70(37-25-17-13-9-3)77(61-71(82)38-26-18-14-10-4)68-44-51-74(52-45-68)86(72-47-39-63(5)40-48-72)73-49-42-67(43-50-73)65-33-27-23-28-34-65/h23-24,27-30,33-36,39-56,59-62H,7-22,25-26,31-32,37-38,57-58H2,1-6H3. The van der Waals surface area contributed by atoms with Gasteiger partial charge in [0, 0.05) is 38.9 Å². The summed E-state index contributed by atoms with van der Waals surface area (Å²) < 4.78 is 2.77. The quantitative estimate of drug-likeness (QED) is 0.0393. The number of benzene rings is 9. The molecule has 10 aromatic rings. The molecule has 0 amide bonds. The second kappa shape index (κ2) is 29.5. The van der Waals surface area contributed by atoms with E-state index in [2.05, 4.69) is 245 Å². The summed E-state index contributed by atoms with van der Waals surface area (Å²) in [6.45, 7) is 13.9. The van der Waals surface area contributed by atoms with E-state index in [-0.39, 0.29) is 5.41 Å². The van der Waals surface area contributed by atoms with Crippen LogP contribution in [0.25, 0.3) is 72.0 Å². The highest BCUT2D eigenvalue weighted by Crippen LogP contribution is 2.58. The first kappa shape index (κ1) is 61.2. The third-order valence-electron chi connectivity index (χ3n) is 19.5. The predicted octanol–water partition coefficient (Wildman–Crippen LogP) is 25.9. The zero-order chi connectivity index (χ0) is 60.0. The topological polar surface area (TPSA) is 8.17 Å². The highest BCUT2D eigenvalue weighted by molar-refractivity contribution is 6.15. The molecule has 0 saturated heterocycles. The lowest BCUT2D eigenvalue weighted by Gasteiger charge is -2.34. The molecule has 0 atom stereocenters. The van der Waals surface area contributed by atoms with E-state index in [1.807, 2.05) is 0 Å². The van der Waals surface area contributed by atoms with Crippen molar-refractivity contribution in [1.82, 2.24) is 4.57 Å². The fraction of sp³-hybridized carbons (Fsp3) is 0.365. The van der Waals surface area contributed by atoms with Gasteiger partial charge in [-0.25, -0.2) is 0 Å². The van der Waals surface area contributed by atoms with Gasteiger partial charge in [-0.05, 0) is 186 Å². The van der Waals surface area contributed by atoms with Crippen LogP contribution in [0.3, 0.4) is 0 Å². The van der Waals surface area contributed by atoms with Crippen molar-refractivity contribution in [2.45, 2.75) is 201 Å². The molecule has 1 heterocycles. The number of rotatable bonds is 31. The van der Waals surface area contributed by atoms with Crippen LogP contribution in [0.15, 0.2) is 194 Å². The Morgan fingerprint density at radius 3 is 1.39 bits per heavy atom. The van der Waals surface area contributed by atoms with Crippen LogP contribution >= 0.6 is 0 Å². The Morgan fingerprint density at radius 1 is 0.345 bits per heavy atom. The van der Waals surface area contributed by atoms with E-state index in [0.717, 1.165) is 29.9 Å². The van der Waals surface area contributed by atoms with E-state index in [1.165, 1.54) is 236 Å². The molecule has 0 fully saturated rings. The van der Waals surface area contributed by atoms with E-state index in [9.17, 15) is 0 Å². The Hall–Kier alpha value is -7.42. The van der Waals surface area contributed by atoms with Crippen LogP contribution in [0, 0.1) is 13.8 Å². The van der Waals surface area contributed by atoms with E-state index in [1.54, 1.807) is 11.1 Å². The van der Waals surface area contributed by atoms with Gasteiger partial charge < -0.3 is 9.47 Å². The molecule has 1 aliphatic carbocycles. The van der Waals surface area contributed by atoms with E-state index in [0.29, 0.717) is 0 Å². The predicted molar refractivity (Wildman–Crippen MR) is 379 cm³/mol. The van der Waals surface area contributed by atoms with Crippen LogP contribution in [0.4, 0.5) is 17.1 Å². The number of aromatic nitrogens is 1. The molecule has 1 aliphatic rings. The van der Waals surface area contributed by atoms with Gasteiger partial charge in [0.25, 0.3) is 0 Å². The fourth-order valence-electron chi connectivity index (χ4n) is 14.8. The number of fused-ring (bicyclic) bond motifs is 7. The van der Waals surface area contributed by atoms with Crippen molar-refractivity contribution in [3.63, 3.8) is 0 Å². The van der Waals surface area contributed by atoms with Gasteiger partial charge in [-0.1, -0.05) is 282 Å². The van der Waals surface area contributed by atoms with Crippen molar-refractivity contribution in [1.29, 1.82) is 0 Å². The number of hydrogen-bond acceptors (Lipinski definition) is 1. The molecule has 0 bridgehead atoms. The molecular formula is C85H98N2. The Labute approximate surface area is 524 Å². The summed E-state index contributed by atoms with van der Waals surface area (Å²) in [5, 5.41) is 2.89. The van der Waals surface area contributed by atoms with Gasteiger partial charge >= 0.3 is 0 Å². The summed E-state index contributed by atoms with van der Waals surface area (Å²) >= 11 is 0. The maximum absolute atomic E-state index is 2.77. The maximum Gasteiger partial charge on any atom is 0.0544 e. The maximum atomic E-state index is 2.77. The zero-order valence-corrected chi connectivity index (χ0v) is 53.8. The molecule has 9 aromatic carbocycles. The van der Waals surface area contributed by atoms with Crippen LogP contribution in [0.5, 0.6) is 0 Å². The number of nitrogens with zero attached hydrogens (tertiary/aromatic N) is 2. The Bertz CT molecular complexity index is 3790. The van der Waals surface area contributed by atoms with Gasteiger partial charge in [-0.15, -0.1) is 0 Å². The average Bonchev–Trinajstić information content (AvgIpc) is 1.58. The van der Waals surface area contributed by atoms with Crippen LogP contribution in [-0.4, -0.2) is 4.57 Å². The van der Waals surface area contributed by atoms with Crippen LogP contribution in [-0.2, 0) is 18.3 Å². The second-order valence-electron chi connectivity index (χ2n) is 25.9. The molecule has 1 aromatic heterocycles. The minimum absolute atomic E-state index is 0.0718. The van der Waals surface area contributed by atoms with Crippen LogP contribution < -0.4 is 4.90 Å². The zero-order valence-electron chi connectivity index (χ0n) is 53.8. The molecule has 87 heavy (non-hydrogen) atoms. The first-order valence-electron chi connectivity index (χ1n) is 34.4. The minimum atomic E-state index is -0.0718. The van der Waals surface area contributed by atoms with Gasteiger partial charge in [-0.3, -0.25) is 0 Å². The van der Waals surface area contributed by atoms with Crippen molar-refractivity contribution in [3.8, 4) is 50.2 Å². The van der Waals surface area contributed by atoms with E-state index >= 15 is 0 Å². The summed E-state index contributed by atoms with van der Waals surface area (Å²) in [5.41, 5.74) is 26.9. The van der Waals surface area contributed by atoms with Crippen LogP contribution in [0.1, 0.15) is 202 Å². The molecular weight excluding hydrogens is 1050 g/mol. The lowest BCUT2D eigenvalue weighted by molar-refractivity contribution is 0.400. The number of unbranched alkanes of at least 4 members (excludes halogenated alkanes) is 16. The molecule has 0 aliphatic heterocycles. The van der Waals surface area contributed by atoms with Gasteiger partial charge in [0.05, 0.1) is 11.0 Å². The summed E-state index contributed by atoms with van der Waals surface area (Å²) in [6, 6.07) is 75.1. The SMILES string of the molecule is CCCCCCCCC1(CCCCCCCC)c2cc(C)ccc2-c2ccc3c(c21)c1cc(-c2ccccc2)ccc1n3-c1cc(CCCCCC)c(-c2ccc(N(c3ccc(C)cc3)c3ccc(-c4ccccc4)cc3)cc2)cc1CCCCCC. The van der Waals surface area contributed by atoms with E-state index in [4.69, 9.17) is 0 Å². The molecule has 0 unspecified atom stereocenters. The summed E-state index contributed by atoms with van der Waals surface area (Å²) in [7, 11) is 0. The Morgan fingerprint density at radius 2 is 0.805 bits per heavy atom. The van der Waals surface area contributed by atoms with Crippen LogP contribution in [0.2, 0.25) is 0 Å². The monoisotopic (exact) mass is 1150 g/mol. The van der Waals surface area contributed by atoms with Crippen molar-refractivity contribution >= 4 is 38.9 Å². The first-order chi connectivity index (χ1) is 42.8. The van der Waals surface area contributed by atoms with Crippen molar-refractivity contribution in [3.05, 3.63) is 228 Å². The van der Waals surface area contributed by atoms with Gasteiger partial charge in [0.1, 0.15) is 0 Å². The number of anilines is 3. The van der Waals surface area contributed by atoms with Gasteiger partial charge in [0.15, 0.2) is 0 Å². The van der Waals surface area contributed by atoms with E-state index < -0.39 is 0 Å².